The minimum atomic E-state index is -0.0491. The molecule has 1 fully saturated rings. The van der Waals surface area contributed by atoms with Crippen molar-refractivity contribution in [1.29, 1.82) is 0 Å². The van der Waals surface area contributed by atoms with Crippen molar-refractivity contribution in [2.45, 2.75) is 38.1 Å². The Hall–Kier alpha value is -2.27. The van der Waals surface area contributed by atoms with Gasteiger partial charge in [-0.2, -0.15) is 0 Å². The van der Waals surface area contributed by atoms with E-state index < -0.39 is 0 Å². The standard InChI is InChI=1S/C22H26N2O2S/c1-3-16(2)23-21(26)18-9-11-19(12-10-18)22-24(20(25)15-27-22)14-13-17-7-5-4-6-8-17/h4-12,16,22H,3,13-15H2,1-2H3,(H,23,26)/t16-,22-/m1/s1. The zero-order valence-corrected chi connectivity index (χ0v) is 16.7. The van der Waals surface area contributed by atoms with Crippen molar-refractivity contribution < 1.29 is 9.59 Å². The zero-order chi connectivity index (χ0) is 19.2. The quantitative estimate of drug-likeness (QED) is 0.786. The predicted molar refractivity (Wildman–Crippen MR) is 111 cm³/mol. The molecule has 1 saturated heterocycles. The maximum absolute atomic E-state index is 12.3. The second kappa shape index (κ2) is 9.09. The highest BCUT2D eigenvalue weighted by molar-refractivity contribution is 8.00. The number of hydrogen-bond donors (Lipinski definition) is 1. The SMILES string of the molecule is CC[C@@H](C)NC(=O)c1ccc([C@H]2SCC(=O)N2CCc2ccccc2)cc1. The van der Waals surface area contributed by atoms with Gasteiger partial charge >= 0.3 is 0 Å². The van der Waals surface area contributed by atoms with Gasteiger partial charge in [-0.1, -0.05) is 49.4 Å². The van der Waals surface area contributed by atoms with Crippen molar-refractivity contribution >= 4 is 23.6 Å². The molecular formula is C22H26N2O2S. The lowest BCUT2D eigenvalue weighted by Crippen LogP contribution is -2.32. The van der Waals surface area contributed by atoms with Gasteiger partial charge in [0, 0.05) is 18.2 Å². The van der Waals surface area contributed by atoms with E-state index in [1.54, 1.807) is 11.8 Å². The van der Waals surface area contributed by atoms with Gasteiger partial charge in [0.15, 0.2) is 0 Å². The van der Waals surface area contributed by atoms with Gasteiger partial charge in [-0.15, -0.1) is 11.8 Å². The van der Waals surface area contributed by atoms with Gasteiger partial charge in [0.05, 0.1) is 5.75 Å². The van der Waals surface area contributed by atoms with Crippen LogP contribution in [0.15, 0.2) is 54.6 Å². The first-order valence-electron chi connectivity index (χ1n) is 9.44. The molecule has 0 radical (unpaired) electrons. The Morgan fingerprint density at radius 3 is 2.56 bits per heavy atom. The van der Waals surface area contributed by atoms with E-state index >= 15 is 0 Å². The normalized spacial score (nSPS) is 17.8. The maximum atomic E-state index is 12.3. The third-order valence-electron chi connectivity index (χ3n) is 4.90. The molecule has 3 rings (SSSR count). The zero-order valence-electron chi connectivity index (χ0n) is 15.9. The van der Waals surface area contributed by atoms with Crippen LogP contribution in [-0.4, -0.2) is 35.1 Å². The fourth-order valence-corrected chi connectivity index (χ4v) is 4.29. The van der Waals surface area contributed by atoms with Crippen molar-refractivity contribution in [2.24, 2.45) is 0 Å². The second-order valence-electron chi connectivity index (χ2n) is 6.89. The molecule has 27 heavy (non-hydrogen) atoms. The van der Waals surface area contributed by atoms with E-state index in [9.17, 15) is 9.59 Å². The maximum Gasteiger partial charge on any atom is 0.251 e. The summed E-state index contributed by atoms with van der Waals surface area (Å²) >= 11 is 1.65. The van der Waals surface area contributed by atoms with Crippen LogP contribution in [0.2, 0.25) is 0 Å². The fraction of sp³-hybridized carbons (Fsp3) is 0.364. The first-order valence-corrected chi connectivity index (χ1v) is 10.5. The first kappa shape index (κ1) is 19.5. The molecule has 0 spiro atoms. The third-order valence-corrected chi connectivity index (χ3v) is 6.16. The number of hydrogen-bond acceptors (Lipinski definition) is 3. The van der Waals surface area contributed by atoms with Crippen LogP contribution in [0.3, 0.4) is 0 Å². The van der Waals surface area contributed by atoms with E-state index in [4.69, 9.17) is 0 Å². The third kappa shape index (κ3) is 4.92. The summed E-state index contributed by atoms with van der Waals surface area (Å²) < 4.78 is 0. The summed E-state index contributed by atoms with van der Waals surface area (Å²) in [5.41, 5.74) is 2.96. The van der Waals surface area contributed by atoms with Crippen LogP contribution < -0.4 is 5.32 Å². The van der Waals surface area contributed by atoms with E-state index in [0.29, 0.717) is 17.9 Å². The van der Waals surface area contributed by atoms with Crippen LogP contribution in [0.5, 0.6) is 0 Å². The van der Waals surface area contributed by atoms with Crippen molar-refractivity contribution in [3.63, 3.8) is 0 Å². The highest BCUT2D eigenvalue weighted by Crippen LogP contribution is 2.38. The van der Waals surface area contributed by atoms with E-state index in [2.05, 4.69) is 17.4 Å². The lowest BCUT2D eigenvalue weighted by Gasteiger charge is -2.24. The molecule has 1 N–H and O–H groups in total. The molecule has 0 bridgehead atoms. The van der Waals surface area contributed by atoms with Gasteiger partial charge in [-0.3, -0.25) is 9.59 Å². The van der Waals surface area contributed by atoms with Gasteiger partial charge in [-0.25, -0.2) is 0 Å². The Morgan fingerprint density at radius 1 is 1.19 bits per heavy atom. The molecule has 0 unspecified atom stereocenters. The number of thioether (sulfide) groups is 1. The molecule has 1 aliphatic rings. The molecule has 4 nitrogen and oxygen atoms in total. The van der Waals surface area contributed by atoms with E-state index in [1.165, 1.54) is 5.56 Å². The second-order valence-corrected chi connectivity index (χ2v) is 7.96. The summed E-state index contributed by atoms with van der Waals surface area (Å²) in [5, 5.41) is 3.00. The lowest BCUT2D eigenvalue weighted by molar-refractivity contribution is -0.128. The summed E-state index contributed by atoms with van der Waals surface area (Å²) in [7, 11) is 0. The molecular weight excluding hydrogens is 356 g/mol. The molecule has 1 heterocycles. The van der Waals surface area contributed by atoms with Crippen LogP contribution in [0.25, 0.3) is 0 Å². The number of amides is 2. The summed E-state index contributed by atoms with van der Waals surface area (Å²) in [6.07, 6.45) is 1.75. The highest BCUT2D eigenvalue weighted by atomic mass is 32.2. The lowest BCUT2D eigenvalue weighted by atomic mass is 10.1. The van der Waals surface area contributed by atoms with E-state index in [0.717, 1.165) is 18.4 Å². The van der Waals surface area contributed by atoms with Crippen LogP contribution in [-0.2, 0) is 11.2 Å². The molecule has 2 aromatic carbocycles. The Balaban J connectivity index is 1.67. The van der Waals surface area contributed by atoms with Gasteiger partial charge in [0.2, 0.25) is 5.91 Å². The van der Waals surface area contributed by atoms with Gasteiger partial charge in [-0.05, 0) is 43.0 Å². The molecule has 2 atom stereocenters. The van der Waals surface area contributed by atoms with Crippen LogP contribution in [0.4, 0.5) is 0 Å². The number of carbonyl (C=O) groups is 2. The Labute approximate surface area is 165 Å². The van der Waals surface area contributed by atoms with Crippen molar-refractivity contribution in [1.82, 2.24) is 10.2 Å². The molecule has 0 aromatic heterocycles. The van der Waals surface area contributed by atoms with E-state index in [-0.39, 0.29) is 23.2 Å². The largest absolute Gasteiger partial charge is 0.350 e. The van der Waals surface area contributed by atoms with E-state index in [1.807, 2.05) is 61.2 Å². The van der Waals surface area contributed by atoms with Crippen molar-refractivity contribution in [2.75, 3.05) is 12.3 Å². The Kier molecular flexibility index (Phi) is 6.56. The summed E-state index contributed by atoms with van der Waals surface area (Å²) in [6.45, 7) is 4.75. The van der Waals surface area contributed by atoms with Crippen LogP contribution >= 0.6 is 11.8 Å². The van der Waals surface area contributed by atoms with Crippen LogP contribution in [0.1, 0.15) is 47.1 Å². The van der Waals surface area contributed by atoms with Crippen molar-refractivity contribution in [3.05, 3.63) is 71.3 Å². The Morgan fingerprint density at radius 2 is 1.89 bits per heavy atom. The molecule has 2 amide bonds. The summed E-state index contributed by atoms with van der Waals surface area (Å²) in [5.74, 6) is 0.641. The predicted octanol–water partition coefficient (Wildman–Crippen LogP) is 4.03. The monoisotopic (exact) mass is 382 g/mol. The van der Waals surface area contributed by atoms with Crippen LogP contribution in [0, 0.1) is 0 Å². The Bertz CT molecular complexity index is 777. The number of rotatable bonds is 7. The number of carbonyl (C=O) groups excluding carboxylic acids is 2. The van der Waals surface area contributed by atoms with Gasteiger partial charge in [0.25, 0.3) is 5.91 Å². The average molecular weight is 383 g/mol. The number of benzene rings is 2. The molecule has 2 aromatic rings. The number of nitrogens with zero attached hydrogens (tertiary/aromatic N) is 1. The molecule has 5 heteroatoms. The number of nitrogens with one attached hydrogen (secondary N) is 1. The van der Waals surface area contributed by atoms with Crippen molar-refractivity contribution in [3.8, 4) is 0 Å². The molecule has 142 valence electrons. The first-order chi connectivity index (χ1) is 13.1. The highest BCUT2D eigenvalue weighted by Gasteiger charge is 2.32. The molecule has 1 aliphatic heterocycles. The van der Waals surface area contributed by atoms with Gasteiger partial charge in [0.1, 0.15) is 5.37 Å². The summed E-state index contributed by atoms with van der Waals surface area (Å²) in [4.78, 5) is 26.5. The smallest absolute Gasteiger partial charge is 0.251 e. The topological polar surface area (TPSA) is 49.4 Å². The minimum Gasteiger partial charge on any atom is -0.350 e. The average Bonchev–Trinajstić information content (AvgIpc) is 3.07. The van der Waals surface area contributed by atoms with Gasteiger partial charge < -0.3 is 10.2 Å². The summed E-state index contributed by atoms with van der Waals surface area (Å²) in [6, 6.07) is 18.0. The minimum absolute atomic E-state index is 0.0212. The molecule has 0 aliphatic carbocycles. The fourth-order valence-electron chi connectivity index (χ4n) is 3.07. The molecule has 0 saturated carbocycles.